The van der Waals surface area contributed by atoms with Gasteiger partial charge in [0.15, 0.2) is 0 Å². The lowest BCUT2D eigenvalue weighted by molar-refractivity contribution is -0.147. The molecule has 18 heavy (non-hydrogen) atoms. The fraction of sp³-hybridized carbons (Fsp3) is 0.857. The third-order valence-corrected chi connectivity index (χ3v) is 3.69. The number of amides is 1. The van der Waals surface area contributed by atoms with Crippen LogP contribution >= 0.6 is 0 Å². The number of hydrogen-bond acceptors (Lipinski definition) is 2. The Bertz CT molecular complexity index is 312. The smallest absolute Gasteiger partial charge is 0.323 e. The van der Waals surface area contributed by atoms with Crippen LogP contribution in [0.3, 0.4) is 0 Å². The van der Waals surface area contributed by atoms with Crippen molar-refractivity contribution >= 4 is 11.9 Å². The second-order valence-electron chi connectivity index (χ2n) is 6.11. The van der Waals surface area contributed by atoms with Crippen LogP contribution in [0.2, 0.25) is 0 Å². The zero-order valence-corrected chi connectivity index (χ0v) is 11.7. The molecule has 1 saturated carbocycles. The summed E-state index contributed by atoms with van der Waals surface area (Å²) in [7, 11) is 0. The lowest BCUT2D eigenvalue weighted by atomic mass is 9.72. The van der Waals surface area contributed by atoms with E-state index in [1.165, 1.54) is 4.90 Å². The summed E-state index contributed by atoms with van der Waals surface area (Å²) in [5.74, 6) is -0.876. The summed E-state index contributed by atoms with van der Waals surface area (Å²) < 4.78 is 0. The van der Waals surface area contributed by atoms with Gasteiger partial charge >= 0.3 is 5.97 Å². The Balaban J connectivity index is 2.66. The summed E-state index contributed by atoms with van der Waals surface area (Å²) >= 11 is 0. The van der Waals surface area contributed by atoms with Crippen molar-refractivity contribution in [2.45, 2.75) is 52.9 Å². The Labute approximate surface area is 109 Å². The molecule has 0 spiro atoms. The third-order valence-electron chi connectivity index (χ3n) is 3.69. The summed E-state index contributed by atoms with van der Waals surface area (Å²) in [6.45, 7) is 6.72. The fourth-order valence-corrected chi connectivity index (χ4v) is 2.87. The fourth-order valence-electron chi connectivity index (χ4n) is 2.87. The minimum atomic E-state index is -0.924. The molecule has 0 aromatic rings. The number of carboxylic acids is 1. The molecule has 0 aliphatic heterocycles. The van der Waals surface area contributed by atoms with E-state index in [-0.39, 0.29) is 23.8 Å². The van der Waals surface area contributed by atoms with Gasteiger partial charge in [-0.05, 0) is 31.1 Å². The zero-order chi connectivity index (χ0) is 13.8. The predicted molar refractivity (Wildman–Crippen MR) is 70.2 cm³/mol. The van der Waals surface area contributed by atoms with Crippen LogP contribution < -0.4 is 0 Å². The molecule has 0 heterocycles. The van der Waals surface area contributed by atoms with Gasteiger partial charge in [-0.2, -0.15) is 0 Å². The molecule has 0 bridgehead atoms. The third kappa shape index (κ3) is 4.31. The van der Waals surface area contributed by atoms with Crippen LogP contribution in [-0.2, 0) is 9.59 Å². The van der Waals surface area contributed by atoms with Crippen LogP contribution in [0.15, 0.2) is 0 Å². The maximum Gasteiger partial charge on any atom is 0.323 e. The molecule has 0 saturated heterocycles. The SMILES string of the molecule is CCCN(CC(=O)O)C(=O)C1CCCC(C)(C)C1. The highest BCUT2D eigenvalue weighted by molar-refractivity contribution is 5.83. The summed E-state index contributed by atoms with van der Waals surface area (Å²) in [4.78, 5) is 24.7. The first kappa shape index (κ1) is 15.0. The Morgan fingerprint density at radius 2 is 2.06 bits per heavy atom. The molecule has 4 heteroatoms. The van der Waals surface area contributed by atoms with Gasteiger partial charge in [0.1, 0.15) is 6.54 Å². The van der Waals surface area contributed by atoms with E-state index in [1.807, 2.05) is 6.92 Å². The van der Waals surface area contributed by atoms with Crippen molar-refractivity contribution in [3.05, 3.63) is 0 Å². The summed E-state index contributed by atoms with van der Waals surface area (Å²) in [6.07, 6.45) is 4.81. The quantitative estimate of drug-likeness (QED) is 0.821. The average molecular weight is 255 g/mol. The van der Waals surface area contributed by atoms with E-state index in [0.29, 0.717) is 6.54 Å². The van der Waals surface area contributed by atoms with E-state index >= 15 is 0 Å². The van der Waals surface area contributed by atoms with E-state index in [4.69, 9.17) is 5.11 Å². The molecule has 1 unspecified atom stereocenters. The zero-order valence-electron chi connectivity index (χ0n) is 11.7. The topological polar surface area (TPSA) is 57.6 Å². The van der Waals surface area contributed by atoms with Crippen molar-refractivity contribution in [3.8, 4) is 0 Å². The van der Waals surface area contributed by atoms with Crippen molar-refractivity contribution in [1.82, 2.24) is 4.90 Å². The first-order chi connectivity index (χ1) is 8.35. The summed E-state index contributed by atoms with van der Waals surface area (Å²) in [5, 5.41) is 8.87. The molecule has 1 rings (SSSR count). The number of carbonyl (C=O) groups excluding carboxylic acids is 1. The monoisotopic (exact) mass is 255 g/mol. The van der Waals surface area contributed by atoms with Crippen molar-refractivity contribution in [3.63, 3.8) is 0 Å². The highest BCUT2D eigenvalue weighted by Crippen LogP contribution is 2.39. The second kappa shape index (κ2) is 6.21. The summed E-state index contributed by atoms with van der Waals surface area (Å²) in [5.41, 5.74) is 0.208. The van der Waals surface area contributed by atoms with Crippen LogP contribution in [-0.4, -0.2) is 35.0 Å². The largest absolute Gasteiger partial charge is 0.480 e. The molecule has 0 radical (unpaired) electrons. The molecule has 1 atom stereocenters. The van der Waals surface area contributed by atoms with E-state index in [0.717, 1.165) is 32.1 Å². The van der Waals surface area contributed by atoms with Gasteiger partial charge in [0.25, 0.3) is 0 Å². The second-order valence-corrected chi connectivity index (χ2v) is 6.11. The van der Waals surface area contributed by atoms with Crippen molar-refractivity contribution in [2.24, 2.45) is 11.3 Å². The van der Waals surface area contributed by atoms with Gasteiger partial charge in [0.05, 0.1) is 0 Å². The normalized spacial score (nSPS) is 22.5. The van der Waals surface area contributed by atoms with Gasteiger partial charge < -0.3 is 10.0 Å². The van der Waals surface area contributed by atoms with Crippen molar-refractivity contribution in [2.75, 3.05) is 13.1 Å². The number of carboxylic acid groups (broad SMARTS) is 1. The number of rotatable bonds is 5. The molecule has 1 aliphatic carbocycles. The Hall–Kier alpha value is -1.06. The molecule has 0 aromatic carbocycles. The Morgan fingerprint density at radius 3 is 2.56 bits per heavy atom. The van der Waals surface area contributed by atoms with Gasteiger partial charge in [0.2, 0.25) is 5.91 Å². The molecule has 1 amide bonds. The highest BCUT2D eigenvalue weighted by Gasteiger charge is 2.34. The van der Waals surface area contributed by atoms with Crippen LogP contribution in [0.4, 0.5) is 0 Å². The molecular formula is C14H25NO3. The van der Waals surface area contributed by atoms with Crippen molar-refractivity contribution < 1.29 is 14.7 Å². The molecule has 104 valence electrons. The maximum atomic E-state index is 12.4. The lowest BCUT2D eigenvalue weighted by Gasteiger charge is -2.36. The van der Waals surface area contributed by atoms with Crippen LogP contribution in [0.25, 0.3) is 0 Å². The maximum absolute atomic E-state index is 12.4. The lowest BCUT2D eigenvalue weighted by Crippen LogP contribution is -2.42. The minimum absolute atomic E-state index is 0.0136. The first-order valence-electron chi connectivity index (χ1n) is 6.86. The summed E-state index contributed by atoms with van der Waals surface area (Å²) in [6, 6.07) is 0. The van der Waals surface area contributed by atoms with Gasteiger partial charge in [-0.3, -0.25) is 9.59 Å². The average Bonchev–Trinajstić information content (AvgIpc) is 2.25. The number of carbonyl (C=O) groups is 2. The van der Waals surface area contributed by atoms with Gasteiger partial charge in [0, 0.05) is 12.5 Å². The van der Waals surface area contributed by atoms with Crippen LogP contribution in [0.5, 0.6) is 0 Å². The molecule has 1 aliphatic rings. The van der Waals surface area contributed by atoms with Crippen molar-refractivity contribution in [1.29, 1.82) is 0 Å². The Kier molecular flexibility index (Phi) is 5.17. The number of aliphatic carboxylic acids is 1. The van der Waals surface area contributed by atoms with Gasteiger partial charge in [-0.25, -0.2) is 0 Å². The molecule has 0 aromatic heterocycles. The van der Waals surface area contributed by atoms with Crippen LogP contribution in [0, 0.1) is 11.3 Å². The molecule has 4 nitrogen and oxygen atoms in total. The predicted octanol–water partition coefficient (Wildman–Crippen LogP) is 2.53. The molecule has 1 N–H and O–H groups in total. The van der Waals surface area contributed by atoms with E-state index in [2.05, 4.69) is 13.8 Å². The van der Waals surface area contributed by atoms with Gasteiger partial charge in [-0.15, -0.1) is 0 Å². The molecular weight excluding hydrogens is 230 g/mol. The Morgan fingerprint density at radius 1 is 1.39 bits per heavy atom. The van der Waals surface area contributed by atoms with Gasteiger partial charge in [-0.1, -0.05) is 27.2 Å². The van der Waals surface area contributed by atoms with Crippen LogP contribution in [0.1, 0.15) is 52.9 Å². The minimum Gasteiger partial charge on any atom is -0.480 e. The van der Waals surface area contributed by atoms with E-state index in [1.54, 1.807) is 0 Å². The van der Waals surface area contributed by atoms with E-state index in [9.17, 15) is 9.59 Å². The number of hydrogen-bond donors (Lipinski definition) is 1. The first-order valence-corrected chi connectivity index (χ1v) is 6.86. The highest BCUT2D eigenvalue weighted by atomic mass is 16.4. The standard InChI is InChI=1S/C14H25NO3/c1-4-8-15(10-12(16)17)13(18)11-6-5-7-14(2,3)9-11/h11H,4-10H2,1-3H3,(H,16,17). The van der Waals surface area contributed by atoms with E-state index < -0.39 is 5.97 Å². The number of nitrogens with zero attached hydrogens (tertiary/aromatic N) is 1. The molecule has 1 fully saturated rings.